The molecule has 0 aliphatic carbocycles. The van der Waals surface area contributed by atoms with E-state index in [0.29, 0.717) is 28.4 Å². The number of nitrogens with one attached hydrogen (secondary N) is 1. The molecule has 34 heavy (non-hydrogen) atoms. The van der Waals surface area contributed by atoms with Crippen LogP contribution in [0.1, 0.15) is 44.9 Å². The molecule has 1 aliphatic rings. The zero-order valence-corrected chi connectivity index (χ0v) is 18.9. The molecular formula is C23H20ClF3N4O3. The first-order chi connectivity index (χ1) is 16.1. The highest BCUT2D eigenvalue weighted by atomic mass is 35.5. The molecule has 2 heterocycles. The Bertz CT molecular complexity index is 1240. The summed E-state index contributed by atoms with van der Waals surface area (Å²) in [6.07, 6.45) is -4.82. The number of anilines is 2. The van der Waals surface area contributed by atoms with Gasteiger partial charge in [0.1, 0.15) is 11.4 Å². The average Bonchev–Trinajstić information content (AvgIpc) is 3.38. The second kappa shape index (κ2) is 9.02. The molecule has 1 atom stereocenters. The molecule has 0 spiro atoms. The molecule has 3 aromatic rings. The van der Waals surface area contributed by atoms with Crippen LogP contribution in [0.5, 0.6) is 0 Å². The van der Waals surface area contributed by atoms with Crippen LogP contribution in [-0.4, -0.2) is 35.3 Å². The van der Waals surface area contributed by atoms with Gasteiger partial charge in [0.05, 0.1) is 25.3 Å². The predicted octanol–water partition coefficient (Wildman–Crippen LogP) is 4.98. The molecule has 1 aliphatic heterocycles. The summed E-state index contributed by atoms with van der Waals surface area (Å²) in [5.41, 5.74) is -0.329. The van der Waals surface area contributed by atoms with Crippen molar-refractivity contribution in [3.63, 3.8) is 0 Å². The summed E-state index contributed by atoms with van der Waals surface area (Å²) in [4.78, 5) is 26.4. The fourth-order valence-electron chi connectivity index (χ4n) is 3.86. The van der Waals surface area contributed by atoms with E-state index in [1.807, 2.05) is 0 Å². The normalized spacial score (nSPS) is 14.0. The Morgan fingerprint density at radius 3 is 2.47 bits per heavy atom. The van der Waals surface area contributed by atoms with Crippen LogP contribution in [0.3, 0.4) is 0 Å². The van der Waals surface area contributed by atoms with E-state index in [1.165, 1.54) is 23.9 Å². The van der Waals surface area contributed by atoms with Crippen molar-refractivity contribution < 1.29 is 27.5 Å². The highest BCUT2D eigenvalue weighted by molar-refractivity contribution is 6.30. The van der Waals surface area contributed by atoms with Gasteiger partial charge in [-0.25, -0.2) is 9.48 Å². The number of carbonyl (C=O) groups excluding carboxylic acids is 2. The molecule has 4 rings (SSSR count). The molecule has 11 heteroatoms. The molecule has 0 saturated heterocycles. The molecule has 178 valence electrons. The van der Waals surface area contributed by atoms with Gasteiger partial charge in [-0.05, 0) is 42.8 Å². The first-order valence-corrected chi connectivity index (χ1v) is 10.7. The number of amides is 1. The highest BCUT2D eigenvalue weighted by Crippen LogP contribution is 2.41. The van der Waals surface area contributed by atoms with Crippen LogP contribution in [-0.2, 0) is 17.5 Å². The molecule has 1 amide bonds. The third-order valence-corrected chi connectivity index (χ3v) is 5.75. The Morgan fingerprint density at radius 1 is 1.15 bits per heavy atom. The van der Waals surface area contributed by atoms with Crippen LogP contribution in [0, 0.1) is 0 Å². The lowest BCUT2D eigenvalue weighted by atomic mass is 10.1. The molecule has 1 unspecified atom stereocenters. The Hall–Kier alpha value is -3.53. The maximum atomic E-state index is 13.8. The Balaban J connectivity index is 1.68. The summed E-state index contributed by atoms with van der Waals surface area (Å²) >= 11 is 6.07. The standard InChI is InChI=1S/C23H20ClF3N4O3/c1-13(14-6-8-15(9-7-14)22(33)34-2)28-20(32)18-19(23(25,26)27)29-31-11-10-30(21(18)31)17-5-3-4-16(24)12-17/h3-9,12-13H,10-11H2,1-2H3,(H,28,32). The van der Waals surface area contributed by atoms with Crippen molar-refractivity contribution in [1.29, 1.82) is 0 Å². The minimum atomic E-state index is -4.82. The lowest BCUT2D eigenvalue weighted by Crippen LogP contribution is -2.30. The zero-order chi connectivity index (χ0) is 24.6. The zero-order valence-electron chi connectivity index (χ0n) is 18.2. The molecule has 1 aromatic heterocycles. The number of halogens is 4. The van der Waals surface area contributed by atoms with Crippen LogP contribution in [0.2, 0.25) is 5.02 Å². The van der Waals surface area contributed by atoms with Gasteiger partial charge in [0.2, 0.25) is 0 Å². The van der Waals surface area contributed by atoms with Gasteiger partial charge in [-0.2, -0.15) is 18.3 Å². The van der Waals surface area contributed by atoms with E-state index in [0.717, 1.165) is 0 Å². The van der Waals surface area contributed by atoms with E-state index in [1.54, 1.807) is 48.2 Å². The monoisotopic (exact) mass is 492 g/mol. The minimum Gasteiger partial charge on any atom is -0.465 e. The van der Waals surface area contributed by atoms with Gasteiger partial charge in [-0.1, -0.05) is 29.8 Å². The topological polar surface area (TPSA) is 76.5 Å². The van der Waals surface area contributed by atoms with E-state index < -0.39 is 35.4 Å². The molecular weight excluding hydrogens is 473 g/mol. The second-order valence-corrected chi connectivity index (χ2v) is 8.14. The van der Waals surface area contributed by atoms with Gasteiger partial charge >= 0.3 is 12.1 Å². The molecule has 1 N–H and O–H groups in total. The first kappa shape index (κ1) is 23.6. The number of carbonyl (C=O) groups is 2. The van der Waals surface area contributed by atoms with Crippen molar-refractivity contribution in [2.45, 2.75) is 25.7 Å². The third kappa shape index (κ3) is 4.45. The van der Waals surface area contributed by atoms with E-state index >= 15 is 0 Å². The maximum absolute atomic E-state index is 13.8. The summed E-state index contributed by atoms with van der Waals surface area (Å²) < 4.78 is 47.3. The van der Waals surface area contributed by atoms with Crippen molar-refractivity contribution in [2.75, 3.05) is 18.6 Å². The minimum absolute atomic E-state index is 0.0559. The smallest absolute Gasteiger partial charge is 0.436 e. The van der Waals surface area contributed by atoms with Crippen molar-refractivity contribution in [2.24, 2.45) is 0 Å². The average molecular weight is 493 g/mol. The fraction of sp³-hybridized carbons (Fsp3) is 0.261. The number of aromatic nitrogens is 2. The molecule has 0 bridgehead atoms. The molecule has 2 aromatic carbocycles. The van der Waals surface area contributed by atoms with Crippen LogP contribution in [0.15, 0.2) is 48.5 Å². The second-order valence-electron chi connectivity index (χ2n) is 7.71. The lowest BCUT2D eigenvalue weighted by molar-refractivity contribution is -0.141. The van der Waals surface area contributed by atoms with Crippen molar-refractivity contribution in [1.82, 2.24) is 15.1 Å². The number of benzene rings is 2. The van der Waals surface area contributed by atoms with Crippen LogP contribution < -0.4 is 10.2 Å². The number of fused-ring (bicyclic) bond motifs is 1. The number of hydrogen-bond acceptors (Lipinski definition) is 5. The molecule has 7 nitrogen and oxygen atoms in total. The number of methoxy groups -OCH3 is 1. The quantitative estimate of drug-likeness (QED) is 0.508. The van der Waals surface area contributed by atoms with E-state index in [2.05, 4.69) is 15.2 Å². The Morgan fingerprint density at radius 2 is 1.85 bits per heavy atom. The van der Waals surface area contributed by atoms with Gasteiger partial charge < -0.3 is 15.0 Å². The van der Waals surface area contributed by atoms with Crippen LogP contribution in [0.25, 0.3) is 0 Å². The largest absolute Gasteiger partial charge is 0.465 e. The third-order valence-electron chi connectivity index (χ3n) is 5.51. The SMILES string of the molecule is COC(=O)c1ccc(C(C)NC(=O)c2c(C(F)(F)F)nn3c2N(c2cccc(Cl)c2)CC3)cc1. The van der Waals surface area contributed by atoms with Gasteiger partial charge in [0.15, 0.2) is 5.69 Å². The summed E-state index contributed by atoms with van der Waals surface area (Å²) in [6.45, 7) is 2.16. The Labute approximate surface area is 198 Å². The number of rotatable bonds is 5. The number of alkyl halides is 3. The summed E-state index contributed by atoms with van der Waals surface area (Å²) in [6, 6.07) is 12.2. The number of hydrogen-bond donors (Lipinski definition) is 1. The van der Waals surface area contributed by atoms with Crippen molar-refractivity contribution >= 4 is 35.0 Å². The highest BCUT2D eigenvalue weighted by Gasteiger charge is 2.44. The van der Waals surface area contributed by atoms with Gasteiger partial charge in [0.25, 0.3) is 5.91 Å². The van der Waals surface area contributed by atoms with Crippen LogP contribution in [0.4, 0.5) is 24.7 Å². The van der Waals surface area contributed by atoms with E-state index in [-0.39, 0.29) is 12.4 Å². The molecule has 0 fully saturated rings. The summed E-state index contributed by atoms with van der Waals surface area (Å²) in [5, 5.41) is 6.75. The first-order valence-electron chi connectivity index (χ1n) is 10.3. The van der Waals surface area contributed by atoms with Gasteiger partial charge in [-0.15, -0.1) is 0 Å². The number of ether oxygens (including phenoxy) is 1. The fourth-order valence-corrected chi connectivity index (χ4v) is 4.05. The summed E-state index contributed by atoms with van der Waals surface area (Å²) in [5.74, 6) is -1.37. The number of esters is 1. The Kier molecular flexibility index (Phi) is 6.26. The predicted molar refractivity (Wildman–Crippen MR) is 119 cm³/mol. The van der Waals surface area contributed by atoms with Gasteiger partial charge in [-0.3, -0.25) is 4.79 Å². The van der Waals surface area contributed by atoms with Gasteiger partial charge in [0, 0.05) is 17.3 Å². The molecule has 0 radical (unpaired) electrons. The summed E-state index contributed by atoms with van der Waals surface area (Å²) in [7, 11) is 1.26. The number of nitrogens with zero attached hydrogens (tertiary/aromatic N) is 3. The van der Waals surface area contributed by atoms with Crippen molar-refractivity contribution in [3.05, 3.63) is 75.9 Å². The van der Waals surface area contributed by atoms with Crippen molar-refractivity contribution in [3.8, 4) is 0 Å². The molecule has 0 saturated carbocycles. The lowest BCUT2D eigenvalue weighted by Gasteiger charge is -2.21. The van der Waals surface area contributed by atoms with E-state index in [4.69, 9.17) is 11.6 Å². The van der Waals surface area contributed by atoms with E-state index in [9.17, 15) is 22.8 Å². The van der Waals surface area contributed by atoms with Crippen LogP contribution >= 0.6 is 11.6 Å². The maximum Gasteiger partial charge on any atom is 0.436 e.